The van der Waals surface area contributed by atoms with Crippen LogP contribution in [0.25, 0.3) is 0 Å². The van der Waals surface area contributed by atoms with Crippen molar-refractivity contribution in [2.75, 3.05) is 7.11 Å². The van der Waals surface area contributed by atoms with E-state index in [4.69, 9.17) is 4.74 Å². The van der Waals surface area contributed by atoms with E-state index < -0.39 is 10.0 Å². The molecule has 0 bridgehead atoms. The first kappa shape index (κ1) is 15.5. The van der Waals surface area contributed by atoms with E-state index in [-0.39, 0.29) is 6.04 Å². The number of halogens is 1. The second-order valence-electron chi connectivity index (χ2n) is 4.17. The van der Waals surface area contributed by atoms with Crippen LogP contribution in [0.5, 0.6) is 5.75 Å². The maximum Gasteiger partial charge on any atom is 0.250 e. The highest BCUT2D eigenvalue weighted by atomic mass is 79.9. The Morgan fingerprint density at radius 1 is 1.20 bits per heavy atom. The van der Waals surface area contributed by atoms with Crippen LogP contribution in [0.3, 0.4) is 0 Å². The molecule has 0 aliphatic rings. The summed E-state index contributed by atoms with van der Waals surface area (Å²) in [7, 11) is -1.90. The van der Waals surface area contributed by atoms with Gasteiger partial charge in [0.1, 0.15) is 9.96 Å². The minimum atomic E-state index is -3.50. The molecule has 0 saturated carbocycles. The number of rotatable bonds is 5. The lowest BCUT2D eigenvalue weighted by molar-refractivity contribution is 0.414. The normalized spacial score (nSPS) is 13.2. The van der Waals surface area contributed by atoms with Crippen LogP contribution in [0, 0.1) is 0 Å². The largest absolute Gasteiger partial charge is 0.497 e. The van der Waals surface area contributed by atoms with E-state index in [1.165, 1.54) is 11.3 Å². The molecule has 1 aromatic carbocycles. The highest BCUT2D eigenvalue weighted by Crippen LogP contribution is 2.27. The third kappa shape index (κ3) is 3.60. The van der Waals surface area contributed by atoms with E-state index in [2.05, 4.69) is 20.7 Å². The molecule has 0 aliphatic heterocycles. The first-order chi connectivity index (χ1) is 9.42. The Morgan fingerprint density at radius 3 is 2.35 bits per heavy atom. The maximum absolute atomic E-state index is 12.2. The summed E-state index contributed by atoms with van der Waals surface area (Å²) in [5.41, 5.74) is 0.880. The predicted octanol–water partition coefficient (Wildman–Crippen LogP) is 3.56. The van der Waals surface area contributed by atoms with Gasteiger partial charge in [-0.25, -0.2) is 13.1 Å². The molecule has 1 unspecified atom stereocenters. The smallest absolute Gasteiger partial charge is 0.250 e. The van der Waals surface area contributed by atoms with Crippen molar-refractivity contribution in [3.63, 3.8) is 0 Å². The Kier molecular flexibility index (Phi) is 4.85. The third-order valence-corrected chi connectivity index (χ3v) is 6.42. The summed E-state index contributed by atoms with van der Waals surface area (Å²) in [4.78, 5) is 0. The highest BCUT2D eigenvalue weighted by molar-refractivity contribution is 9.11. The standard InChI is InChI=1S/C13H14BrNO3S2/c1-9(10-3-5-11(18-2)6-4-10)15-20(16,17)13-8-7-12(14)19-13/h3-9,15H,1-2H3. The predicted molar refractivity (Wildman–Crippen MR) is 83.7 cm³/mol. The van der Waals surface area contributed by atoms with E-state index >= 15 is 0 Å². The van der Waals surface area contributed by atoms with Crippen LogP contribution in [0.15, 0.2) is 44.4 Å². The zero-order chi connectivity index (χ0) is 14.8. The summed E-state index contributed by atoms with van der Waals surface area (Å²) in [5.74, 6) is 0.742. The third-order valence-electron chi connectivity index (χ3n) is 2.76. The molecule has 1 atom stereocenters. The quantitative estimate of drug-likeness (QED) is 0.868. The number of sulfonamides is 1. The number of thiophene rings is 1. The highest BCUT2D eigenvalue weighted by Gasteiger charge is 2.20. The van der Waals surface area contributed by atoms with Gasteiger partial charge in [0, 0.05) is 6.04 Å². The minimum absolute atomic E-state index is 0.296. The Morgan fingerprint density at radius 2 is 1.85 bits per heavy atom. The van der Waals surface area contributed by atoms with Crippen molar-refractivity contribution in [3.8, 4) is 5.75 Å². The SMILES string of the molecule is COc1ccc(C(C)NS(=O)(=O)c2ccc(Br)s2)cc1. The van der Waals surface area contributed by atoms with E-state index in [1.54, 1.807) is 19.2 Å². The van der Waals surface area contributed by atoms with Crippen molar-refractivity contribution in [2.24, 2.45) is 0 Å². The van der Waals surface area contributed by atoms with Crippen molar-refractivity contribution in [3.05, 3.63) is 45.7 Å². The van der Waals surface area contributed by atoms with Crippen LogP contribution in [-0.4, -0.2) is 15.5 Å². The lowest BCUT2D eigenvalue weighted by Gasteiger charge is -2.14. The fourth-order valence-corrected chi connectivity index (χ4v) is 4.95. The molecule has 0 spiro atoms. The summed E-state index contributed by atoms with van der Waals surface area (Å²) in [6.45, 7) is 1.81. The van der Waals surface area contributed by atoms with Gasteiger partial charge in [0.25, 0.3) is 10.0 Å². The number of benzene rings is 1. The van der Waals surface area contributed by atoms with Gasteiger partial charge in [0.05, 0.1) is 10.9 Å². The van der Waals surface area contributed by atoms with Gasteiger partial charge in [0.15, 0.2) is 0 Å². The average Bonchev–Trinajstić information content (AvgIpc) is 2.86. The first-order valence-corrected chi connectivity index (χ1v) is 8.93. The summed E-state index contributed by atoms with van der Waals surface area (Å²) in [6, 6.07) is 10.3. The molecule has 0 radical (unpaired) electrons. The van der Waals surface area contributed by atoms with Gasteiger partial charge >= 0.3 is 0 Å². The number of methoxy groups -OCH3 is 1. The molecule has 20 heavy (non-hydrogen) atoms. The van der Waals surface area contributed by atoms with E-state index in [0.717, 1.165) is 15.1 Å². The molecule has 0 amide bonds. The summed E-state index contributed by atoms with van der Waals surface area (Å²) >= 11 is 4.45. The van der Waals surface area contributed by atoms with Crippen LogP contribution in [0.4, 0.5) is 0 Å². The summed E-state index contributed by atoms with van der Waals surface area (Å²) in [5, 5.41) is 0. The van der Waals surface area contributed by atoms with Crippen molar-refractivity contribution < 1.29 is 13.2 Å². The second-order valence-corrected chi connectivity index (χ2v) is 8.58. The number of hydrogen-bond acceptors (Lipinski definition) is 4. The Bertz CT molecular complexity index is 680. The van der Waals surface area contributed by atoms with Gasteiger partial charge in [-0.3, -0.25) is 0 Å². The van der Waals surface area contributed by atoms with Crippen LogP contribution >= 0.6 is 27.3 Å². The summed E-state index contributed by atoms with van der Waals surface area (Å²) < 4.78 is 33.2. The van der Waals surface area contributed by atoms with Crippen LogP contribution < -0.4 is 9.46 Å². The fraction of sp³-hybridized carbons (Fsp3) is 0.231. The van der Waals surface area contributed by atoms with Crippen molar-refractivity contribution >= 4 is 37.3 Å². The molecule has 2 aromatic rings. The Balaban J connectivity index is 2.15. The second kappa shape index (κ2) is 6.26. The van der Waals surface area contributed by atoms with E-state index in [0.29, 0.717) is 4.21 Å². The number of ether oxygens (including phenoxy) is 1. The van der Waals surface area contributed by atoms with Gasteiger partial charge in [-0.2, -0.15) is 0 Å². The average molecular weight is 376 g/mol. The molecule has 0 aliphatic carbocycles. The molecule has 1 N–H and O–H groups in total. The Hall–Kier alpha value is -0.890. The minimum Gasteiger partial charge on any atom is -0.497 e. The maximum atomic E-state index is 12.2. The van der Waals surface area contributed by atoms with E-state index in [1.807, 2.05) is 31.2 Å². The van der Waals surface area contributed by atoms with E-state index in [9.17, 15) is 8.42 Å². The molecular formula is C13H14BrNO3S2. The molecule has 1 aromatic heterocycles. The topological polar surface area (TPSA) is 55.4 Å². The van der Waals surface area contributed by atoms with Gasteiger partial charge in [-0.05, 0) is 52.7 Å². The van der Waals surface area contributed by atoms with Gasteiger partial charge in [0.2, 0.25) is 0 Å². The van der Waals surface area contributed by atoms with Gasteiger partial charge < -0.3 is 4.74 Å². The number of nitrogens with one attached hydrogen (secondary N) is 1. The Labute approximate surface area is 131 Å². The molecule has 0 saturated heterocycles. The monoisotopic (exact) mass is 375 g/mol. The zero-order valence-electron chi connectivity index (χ0n) is 11.0. The van der Waals surface area contributed by atoms with Crippen LogP contribution in [0.2, 0.25) is 0 Å². The molecular weight excluding hydrogens is 362 g/mol. The molecule has 4 nitrogen and oxygen atoms in total. The summed E-state index contributed by atoms with van der Waals surface area (Å²) in [6.07, 6.45) is 0. The number of hydrogen-bond donors (Lipinski definition) is 1. The van der Waals surface area contributed by atoms with Crippen LogP contribution in [-0.2, 0) is 10.0 Å². The first-order valence-electron chi connectivity index (χ1n) is 5.84. The van der Waals surface area contributed by atoms with Gasteiger partial charge in [-0.15, -0.1) is 11.3 Å². The zero-order valence-corrected chi connectivity index (χ0v) is 14.2. The molecule has 0 fully saturated rings. The van der Waals surface area contributed by atoms with Crippen LogP contribution in [0.1, 0.15) is 18.5 Å². The molecule has 7 heteroatoms. The van der Waals surface area contributed by atoms with Crippen molar-refractivity contribution in [2.45, 2.75) is 17.2 Å². The lowest BCUT2D eigenvalue weighted by Crippen LogP contribution is -2.26. The van der Waals surface area contributed by atoms with Crippen molar-refractivity contribution in [1.82, 2.24) is 4.72 Å². The lowest BCUT2D eigenvalue weighted by atomic mass is 10.1. The molecule has 108 valence electrons. The van der Waals surface area contributed by atoms with Gasteiger partial charge in [-0.1, -0.05) is 12.1 Å². The fourth-order valence-electron chi connectivity index (χ4n) is 1.69. The molecule has 2 rings (SSSR count). The molecule has 1 heterocycles. The van der Waals surface area contributed by atoms with Crippen molar-refractivity contribution in [1.29, 1.82) is 0 Å².